The molecule has 0 spiro atoms. The van der Waals surface area contributed by atoms with Crippen molar-refractivity contribution in [3.05, 3.63) is 34.6 Å². The summed E-state index contributed by atoms with van der Waals surface area (Å²) in [4.78, 5) is 0. The van der Waals surface area contributed by atoms with Crippen molar-refractivity contribution in [3.8, 4) is 0 Å². The molecule has 1 N–H and O–H groups in total. The van der Waals surface area contributed by atoms with Gasteiger partial charge in [-0.1, -0.05) is 63.6 Å². The van der Waals surface area contributed by atoms with Crippen molar-refractivity contribution in [1.82, 2.24) is 5.32 Å². The maximum absolute atomic E-state index is 13.9. The molecule has 0 aliphatic heterocycles. The van der Waals surface area contributed by atoms with Crippen LogP contribution in [-0.4, -0.2) is 12.6 Å². The van der Waals surface area contributed by atoms with E-state index in [1.807, 2.05) is 6.07 Å². The summed E-state index contributed by atoms with van der Waals surface area (Å²) in [6.07, 6.45) is 9.37. The van der Waals surface area contributed by atoms with Gasteiger partial charge in [0.25, 0.3) is 0 Å². The van der Waals surface area contributed by atoms with Crippen LogP contribution in [0.15, 0.2) is 18.2 Å². The van der Waals surface area contributed by atoms with E-state index in [0.717, 1.165) is 31.4 Å². The van der Waals surface area contributed by atoms with Gasteiger partial charge in [0.2, 0.25) is 0 Å². The molecule has 0 bridgehead atoms. The Balaban J connectivity index is 2.48. The fourth-order valence-corrected chi connectivity index (χ4v) is 2.73. The largest absolute Gasteiger partial charge is 0.314 e. The zero-order valence-corrected chi connectivity index (χ0v) is 14.2. The van der Waals surface area contributed by atoms with Gasteiger partial charge in [-0.05, 0) is 43.5 Å². The molecule has 0 aliphatic rings. The van der Waals surface area contributed by atoms with Gasteiger partial charge in [0.1, 0.15) is 5.82 Å². The third-order valence-corrected chi connectivity index (χ3v) is 4.06. The molecule has 1 aromatic rings. The van der Waals surface area contributed by atoms with Gasteiger partial charge in [0, 0.05) is 11.1 Å². The van der Waals surface area contributed by atoms with E-state index < -0.39 is 0 Å². The third kappa shape index (κ3) is 7.82. The maximum Gasteiger partial charge on any atom is 0.127 e. The van der Waals surface area contributed by atoms with Gasteiger partial charge in [-0.2, -0.15) is 0 Å². The van der Waals surface area contributed by atoms with E-state index in [2.05, 4.69) is 19.2 Å². The molecular formula is C18H29ClFN. The average molecular weight is 314 g/mol. The number of benzene rings is 1. The number of nitrogens with one attached hydrogen (secondary N) is 1. The molecule has 0 aliphatic carbocycles. The van der Waals surface area contributed by atoms with Crippen LogP contribution >= 0.6 is 11.6 Å². The zero-order chi connectivity index (χ0) is 15.5. The van der Waals surface area contributed by atoms with Gasteiger partial charge in [-0.3, -0.25) is 0 Å². The number of hydrogen-bond acceptors (Lipinski definition) is 1. The molecule has 1 aromatic carbocycles. The van der Waals surface area contributed by atoms with Crippen LogP contribution in [0.4, 0.5) is 4.39 Å². The van der Waals surface area contributed by atoms with E-state index >= 15 is 0 Å². The predicted molar refractivity (Wildman–Crippen MR) is 90.6 cm³/mol. The van der Waals surface area contributed by atoms with Crippen molar-refractivity contribution in [2.45, 2.75) is 71.3 Å². The van der Waals surface area contributed by atoms with Crippen LogP contribution in [0.3, 0.4) is 0 Å². The summed E-state index contributed by atoms with van der Waals surface area (Å²) < 4.78 is 13.9. The van der Waals surface area contributed by atoms with Gasteiger partial charge in [0.15, 0.2) is 0 Å². The standard InChI is InChI=1S/C18H29ClFN/c1-3-5-6-7-8-9-17(21-12-4-2)13-15-10-11-16(19)14-18(15)20/h10-11,14,17,21H,3-9,12-13H2,1-2H3. The minimum atomic E-state index is -0.184. The first-order valence-electron chi connectivity index (χ1n) is 8.34. The van der Waals surface area contributed by atoms with Gasteiger partial charge in [-0.25, -0.2) is 4.39 Å². The highest BCUT2D eigenvalue weighted by molar-refractivity contribution is 6.30. The average Bonchev–Trinajstić information content (AvgIpc) is 2.46. The Morgan fingerprint density at radius 3 is 2.52 bits per heavy atom. The molecule has 1 unspecified atom stereocenters. The SMILES string of the molecule is CCCCCCCC(Cc1ccc(Cl)cc1F)NCCC. The molecule has 21 heavy (non-hydrogen) atoms. The van der Waals surface area contributed by atoms with Crippen molar-refractivity contribution in [1.29, 1.82) is 0 Å². The van der Waals surface area contributed by atoms with Crippen LogP contribution in [0.1, 0.15) is 64.4 Å². The second kappa shape index (κ2) is 11.0. The number of halogens is 2. The van der Waals surface area contributed by atoms with Crippen molar-refractivity contribution in [3.63, 3.8) is 0 Å². The fourth-order valence-electron chi connectivity index (χ4n) is 2.57. The summed E-state index contributed by atoms with van der Waals surface area (Å²) in [5, 5.41) is 4.02. The van der Waals surface area contributed by atoms with Crippen molar-refractivity contribution in [2.75, 3.05) is 6.54 Å². The quantitative estimate of drug-likeness (QED) is 0.513. The highest BCUT2D eigenvalue weighted by atomic mass is 35.5. The monoisotopic (exact) mass is 313 g/mol. The van der Waals surface area contributed by atoms with Crippen LogP contribution < -0.4 is 5.32 Å². The number of hydrogen-bond donors (Lipinski definition) is 1. The summed E-state index contributed by atoms with van der Waals surface area (Å²) in [7, 11) is 0. The molecule has 1 rings (SSSR count). The Morgan fingerprint density at radius 2 is 1.86 bits per heavy atom. The van der Waals surface area contributed by atoms with Gasteiger partial charge in [0.05, 0.1) is 0 Å². The predicted octanol–water partition coefficient (Wildman–Crippen LogP) is 5.75. The minimum Gasteiger partial charge on any atom is -0.314 e. The molecule has 0 fully saturated rings. The van der Waals surface area contributed by atoms with E-state index in [4.69, 9.17) is 11.6 Å². The van der Waals surface area contributed by atoms with Crippen LogP contribution in [0.5, 0.6) is 0 Å². The molecule has 1 nitrogen and oxygen atoms in total. The van der Waals surface area contributed by atoms with E-state index in [1.165, 1.54) is 38.2 Å². The fraction of sp³-hybridized carbons (Fsp3) is 0.667. The van der Waals surface area contributed by atoms with Crippen LogP contribution in [0, 0.1) is 5.82 Å². The smallest absolute Gasteiger partial charge is 0.127 e. The lowest BCUT2D eigenvalue weighted by atomic mass is 9.99. The first kappa shape index (κ1) is 18.4. The Kier molecular flexibility index (Phi) is 9.69. The molecule has 120 valence electrons. The molecule has 0 saturated carbocycles. The Bertz CT molecular complexity index is 395. The van der Waals surface area contributed by atoms with E-state index in [-0.39, 0.29) is 5.82 Å². The lowest BCUT2D eigenvalue weighted by molar-refractivity contribution is 0.444. The van der Waals surface area contributed by atoms with Crippen LogP contribution in [0.25, 0.3) is 0 Å². The normalized spacial score (nSPS) is 12.6. The van der Waals surface area contributed by atoms with E-state index in [9.17, 15) is 4.39 Å². The summed E-state index contributed by atoms with van der Waals surface area (Å²) in [6, 6.07) is 5.37. The Hall–Kier alpha value is -0.600. The summed E-state index contributed by atoms with van der Waals surface area (Å²) >= 11 is 5.81. The Morgan fingerprint density at radius 1 is 1.10 bits per heavy atom. The summed E-state index contributed by atoms with van der Waals surface area (Å²) in [5.74, 6) is -0.184. The molecule has 0 saturated heterocycles. The lowest BCUT2D eigenvalue weighted by Gasteiger charge is -2.19. The van der Waals surface area contributed by atoms with Crippen LogP contribution in [0.2, 0.25) is 5.02 Å². The zero-order valence-electron chi connectivity index (χ0n) is 13.4. The highest BCUT2D eigenvalue weighted by Gasteiger charge is 2.12. The molecule has 0 amide bonds. The second-order valence-electron chi connectivity index (χ2n) is 5.79. The number of rotatable bonds is 11. The molecule has 0 aromatic heterocycles. The van der Waals surface area contributed by atoms with E-state index in [1.54, 1.807) is 6.07 Å². The van der Waals surface area contributed by atoms with Crippen LogP contribution in [-0.2, 0) is 6.42 Å². The first-order chi connectivity index (χ1) is 10.2. The topological polar surface area (TPSA) is 12.0 Å². The summed E-state index contributed by atoms with van der Waals surface area (Å²) in [6.45, 7) is 5.39. The number of unbranched alkanes of at least 4 members (excludes halogenated alkanes) is 4. The first-order valence-corrected chi connectivity index (χ1v) is 8.72. The minimum absolute atomic E-state index is 0.184. The van der Waals surface area contributed by atoms with Gasteiger partial charge < -0.3 is 5.32 Å². The molecular weight excluding hydrogens is 285 g/mol. The van der Waals surface area contributed by atoms with Crippen molar-refractivity contribution < 1.29 is 4.39 Å². The highest BCUT2D eigenvalue weighted by Crippen LogP contribution is 2.18. The Labute approximate surface area is 134 Å². The van der Waals surface area contributed by atoms with Crippen molar-refractivity contribution >= 4 is 11.6 Å². The molecule has 0 radical (unpaired) electrons. The second-order valence-corrected chi connectivity index (χ2v) is 6.23. The van der Waals surface area contributed by atoms with Crippen molar-refractivity contribution in [2.24, 2.45) is 0 Å². The lowest BCUT2D eigenvalue weighted by Crippen LogP contribution is -2.32. The van der Waals surface area contributed by atoms with Gasteiger partial charge >= 0.3 is 0 Å². The van der Waals surface area contributed by atoms with Gasteiger partial charge in [-0.15, -0.1) is 0 Å². The third-order valence-electron chi connectivity index (χ3n) is 3.82. The molecule has 3 heteroatoms. The summed E-state index contributed by atoms with van der Waals surface area (Å²) in [5.41, 5.74) is 0.765. The maximum atomic E-state index is 13.9. The van der Waals surface area contributed by atoms with E-state index in [0.29, 0.717) is 11.1 Å². The molecule has 0 heterocycles. The molecule has 1 atom stereocenters.